The first-order valence-electron chi connectivity index (χ1n) is 6.24. The molecule has 17 heavy (non-hydrogen) atoms. The van der Waals surface area contributed by atoms with Crippen LogP contribution in [0.25, 0.3) is 0 Å². The second-order valence-corrected chi connectivity index (χ2v) is 6.80. The summed E-state index contributed by atoms with van der Waals surface area (Å²) in [5.74, 6) is 0.457. The second-order valence-electron chi connectivity index (χ2n) is 4.49. The summed E-state index contributed by atoms with van der Waals surface area (Å²) in [5.41, 5.74) is 0. The van der Waals surface area contributed by atoms with Crippen LogP contribution in [0, 0.1) is 0 Å². The van der Waals surface area contributed by atoms with Crippen molar-refractivity contribution in [1.29, 1.82) is 0 Å². The Morgan fingerprint density at radius 1 is 1.24 bits per heavy atom. The highest BCUT2D eigenvalue weighted by atomic mass is 32.2. The van der Waals surface area contributed by atoms with Gasteiger partial charge in [0.05, 0.1) is 5.75 Å². The molecule has 0 saturated heterocycles. The maximum Gasteiger partial charge on any atom is 0.221 e. The molecule has 1 rings (SSSR count). The number of amides is 1. The van der Waals surface area contributed by atoms with E-state index in [1.807, 2.05) is 6.92 Å². The van der Waals surface area contributed by atoms with Crippen molar-refractivity contribution in [3.05, 3.63) is 0 Å². The molecule has 0 aromatic carbocycles. The monoisotopic (exact) mass is 262 g/mol. The molecule has 0 aromatic heterocycles. The smallest absolute Gasteiger partial charge is 0.221 e. The van der Waals surface area contributed by atoms with Crippen LogP contribution < -0.4 is 10.6 Å². The van der Waals surface area contributed by atoms with E-state index in [9.17, 15) is 13.2 Å². The van der Waals surface area contributed by atoms with Crippen LogP contribution in [0.2, 0.25) is 0 Å². The first kappa shape index (κ1) is 14.4. The van der Waals surface area contributed by atoms with Crippen LogP contribution in [0.4, 0.5) is 0 Å². The highest BCUT2D eigenvalue weighted by Crippen LogP contribution is 2.18. The van der Waals surface area contributed by atoms with Gasteiger partial charge in [-0.05, 0) is 19.3 Å². The second kappa shape index (κ2) is 6.96. The summed E-state index contributed by atoms with van der Waals surface area (Å²) in [6.07, 6.45) is 3.26. The van der Waals surface area contributed by atoms with Gasteiger partial charge in [-0.2, -0.15) is 0 Å². The van der Waals surface area contributed by atoms with Gasteiger partial charge in [-0.25, -0.2) is 8.42 Å². The minimum Gasteiger partial charge on any atom is -0.353 e. The van der Waals surface area contributed by atoms with E-state index < -0.39 is 9.84 Å². The summed E-state index contributed by atoms with van der Waals surface area (Å²) in [6.45, 7) is 2.83. The van der Waals surface area contributed by atoms with Crippen LogP contribution in [-0.4, -0.2) is 45.0 Å². The van der Waals surface area contributed by atoms with Gasteiger partial charge < -0.3 is 10.6 Å². The van der Waals surface area contributed by atoms with Gasteiger partial charge >= 0.3 is 0 Å². The Balaban J connectivity index is 1.98. The largest absolute Gasteiger partial charge is 0.353 e. The summed E-state index contributed by atoms with van der Waals surface area (Å²) in [5, 5.41) is 5.87. The maximum atomic E-state index is 11.4. The number of hydrogen-bond donors (Lipinski definition) is 2. The molecular formula is C11H22N2O3S. The molecule has 0 bridgehead atoms. The van der Waals surface area contributed by atoms with Gasteiger partial charge in [0.2, 0.25) is 5.91 Å². The van der Waals surface area contributed by atoms with Crippen LogP contribution in [0.15, 0.2) is 0 Å². The predicted molar refractivity (Wildman–Crippen MR) is 67.6 cm³/mol. The molecule has 1 aliphatic rings. The van der Waals surface area contributed by atoms with Crippen LogP contribution in [0.3, 0.4) is 0 Å². The van der Waals surface area contributed by atoms with E-state index in [2.05, 4.69) is 10.6 Å². The molecule has 0 heterocycles. The van der Waals surface area contributed by atoms with Crippen LogP contribution in [-0.2, 0) is 14.6 Å². The first-order valence-corrected chi connectivity index (χ1v) is 8.06. The Bertz CT molecular complexity index is 337. The fourth-order valence-electron chi connectivity index (χ4n) is 1.50. The number of hydrogen-bond acceptors (Lipinski definition) is 4. The lowest BCUT2D eigenvalue weighted by Gasteiger charge is -2.06. The van der Waals surface area contributed by atoms with Crippen LogP contribution in [0.1, 0.15) is 32.6 Å². The third kappa shape index (κ3) is 7.33. The molecule has 1 aliphatic carbocycles. The van der Waals surface area contributed by atoms with Gasteiger partial charge in [-0.3, -0.25) is 4.79 Å². The van der Waals surface area contributed by atoms with Crippen molar-refractivity contribution in [2.75, 3.05) is 24.6 Å². The standard InChI is InChI=1S/C11H22N2O3S/c1-2-8-17(15,16)9-7-12-6-5-11(14)13-10-3-4-10/h10,12H,2-9H2,1H3,(H,13,14). The summed E-state index contributed by atoms with van der Waals surface area (Å²) in [6, 6.07) is 0.396. The van der Waals surface area contributed by atoms with Crippen molar-refractivity contribution < 1.29 is 13.2 Å². The summed E-state index contributed by atoms with van der Waals surface area (Å²) in [4.78, 5) is 11.3. The Hall–Kier alpha value is -0.620. The number of carbonyl (C=O) groups is 1. The molecule has 0 spiro atoms. The highest BCUT2D eigenvalue weighted by molar-refractivity contribution is 7.91. The molecule has 0 aromatic rings. The Labute approximate surface area is 103 Å². The summed E-state index contributed by atoms with van der Waals surface area (Å²) in [7, 11) is -2.90. The van der Waals surface area contributed by atoms with Gasteiger partial charge in [0.25, 0.3) is 0 Å². The minimum absolute atomic E-state index is 0.0522. The Morgan fingerprint density at radius 3 is 2.53 bits per heavy atom. The predicted octanol–water partition coefficient (Wildman–Crippen LogP) is 0.0695. The SMILES string of the molecule is CCCS(=O)(=O)CCNCCC(=O)NC1CC1. The molecule has 0 radical (unpaired) electrons. The topological polar surface area (TPSA) is 75.3 Å². The zero-order chi connectivity index (χ0) is 12.7. The van der Waals surface area contributed by atoms with E-state index in [4.69, 9.17) is 0 Å². The van der Waals surface area contributed by atoms with E-state index >= 15 is 0 Å². The van der Waals surface area contributed by atoms with E-state index in [0.29, 0.717) is 32.0 Å². The molecule has 0 unspecified atom stereocenters. The lowest BCUT2D eigenvalue weighted by Crippen LogP contribution is -2.31. The number of rotatable bonds is 9. The van der Waals surface area contributed by atoms with E-state index in [-0.39, 0.29) is 17.4 Å². The molecule has 100 valence electrons. The number of nitrogens with one attached hydrogen (secondary N) is 2. The third-order valence-electron chi connectivity index (χ3n) is 2.58. The van der Waals surface area contributed by atoms with Crippen molar-refractivity contribution in [2.45, 2.75) is 38.6 Å². The highest BCUT2D eigenvalue weighted by Gasteiger charge is 2.22. The number of sulfone groups is 1. The summed E-state index contributed by atoms with van der Waals surface area (Å²) >= 11 is 0. The zero-order valence-corrected chi connectivity index (χ0v) is 11.2. The van der Waals surface area contributed by atoms with Gasteiger partial charge in [-0.1, -0.05) is 6.92 Å². The molecule has 0 aliphatic heterocycles. The maximum absolute atomic E-state index is 11.4. The molecule has 1 saturated carbocycles. The average molecular weight is 262 g/mol. The first-order chi connectivity index (χ1) is 8.03. The molecule has 2 N–H and O–H groups in total. The zero-order valence-electron chi connectivity index (χ0n) is 10.4. The average Bonchev–Trinajstić information content (AvgIpc) is 3.00. The molecule has 1 amide bonds. The normalized spacial score (nSPS) is 15.8. The molecule has 1 fully saturated rings. The quantitative estimate of drug-likeness (QED) is 0.577. The van der Waals surface area contributed by atoms with Crippen molar-refractivity contribution in [1.82, 2.24) is 10.6 Å². The fourth-order valence-corrected chi connectivity index (χ4v) is 2.78. The lowest BCUT2D eigenvalue weighted by atomic mass is 10.4. The Kier molecular flexibility index (Phi) is 5.91. The van der Waals surface area contributed by atoms with Gasteiger partial charge in [-0.15, -0.1) is 0 Å². The Morgan fingerprint density at radius 2 is 1.94 bits per heavy atom. The minimum atomic E-state index is -2.90. The lowest BCUT2D eigenvalue weighted by molar-refractivity contribution is -0.121. The summed E-state index contributed by atoms with van der Waals surface area (Å²) < 4.78 is 22.7. The van der Waals surface area contributed by atoms with Crippen molar-refractivity contribution in [3.63, 3.8) is 0 Å². The van der Waals surface area contributed by atoms with Gasteiger partial charge in [0.1, 0.15) is 0 Å². The van der Waals surface area contributed by atoms with Gasteiger partial charge in [0, 0.05) is 31.3 Å². The molecule has 0 atom stereocenters. The van der Waals surface area contributed by atoms with E-state index in [0.717, 1.165) is 12.8 Å². The molecule has 6 heteroatoms. The molecular weight excluding hydrogens is 240 g/mol. The van der Waals surface area contributed by atoms with Crippen molar-refractivity contribution >= 4 is 15.7 Å². The molecule has 5 nitrogen and oxygen atoms in total. The number of carbonyl (C=O) groups excluding carboxylic acids is 1. The van der Waals surface area contributed by atoms with Crippen molar-refractivity contribution in [2.24, 2.45) is 0 Å². The van der Waals surface area contributed by atoms with Crippen LogP contribution >= 0.6 is 0 Å². The van der Waals surface area contributed by atoms with Crippen LogP contribution in [0.5, 0.6) is 0 Å². The van der Waals surface area contributed by atoms with E-state index in [1.165, 1.54) is 0 Å². The fraction of sp³-hybridized carbons (Fsp3) is 0.909. The van der Waals surface area contributed by atoms with E-state index in [1.54, 1.807) is 0 Å². The van der Waals surface area contributed by atoms with Gasteiger partial charge in [0.15, 0.2) is 9.84 Å². The third-order valence-corrected chi connectivity index (χ3v) is 4.43. The van der Waals surface area contributed by atoms with Crippen molar-refractivity contribution in [3.8, 4) is 0 Å².